The molecule has 4 N–H and O–H groups in total. The van der Waals surface area contributed by atoms with Crippen LogP contribution in [-0.4, -0.2) is 42.9 Å². The van der Waals surface area contributed by atoms with E-state index in [4.69, 9.17) is 9.47 Å². The molecule has 0 bridgehead atoms. The molecular formula is C17H18N4O5. The fourth-order valence-electron chi connectivity index (χ4n) is 1.90. The van der Waals surface area contributed by atoms with E-state index >= 15 is 0 Å². The molecule has 0 radical (unpaired) electrons. The van der Waals surface area contributed by atoms with E-state index in [0.29, 0.717) is 22.6 Å². The number of nitrogens with zero attached hydrogens (tertiary/aromatic N) is 2. The molecule has 0 aliphatic carbocycles. The molecule has 0 heterocycles. The van der Waals surface area contributed by atoms with Crippen molar-refractivity contribution in [2.45, 2.75) is 0 Å². The summed E-state index contributed by atoms with van der Waals surface area (Å²) in [4.78, 5) is 11.6. The molecule has 2 amide bonds. The van der Waals surface area contributed by atoms with Gasteiger partial charge in [-0.3, -0.25) is 0 Å². The van der Waals surface area contributed by atoms with Gasteiger partial charge in [-0.2, -0.15) is 10.2 Å². The first kappa shape index (κ1) is 18.6. The molecule has 0 aliphatic heterocycles. The lowest BCUT2D eigenvalue weighted by atomic mass is 10.2. The van der Waals surface area contributed by atoms with Crippen LogP contribution in [0.4, 0.5) is 4.79 Å². The summed E-state index contributed by atoms with van der Waals surface area (Å²) in [5, 5.41) is 26.5. The van der Waals surface area contributed by atoms with E-state index in [1.54, 1.807) is 24.3 Å². The maximum absolute atomic E-state index is 11.6. The molecule has 0 saturated heterocycles. The third kappa shape index (κ3) is 5.13. The van der Waals surface area contributed by atoms with Crippen molar-refractivity contribution >= 4 is 18.5 Å². The molecule has 136 valence electrons. The third-order valence-corrected chi connectivity index (χ3v) is 3.17. The predicted molar refractivity (Wildman–Crippen MR) is 96.2 cm³/mol. The number of hydrazone groups is 2. The number of hydrogen-bond acceptors (Lipinski definition) is 7. The lowest BCUT2D eigenvalue weighted by molar-refractivity contribution is 0.242. The highest BCUT2D eigenvalue weighted by Crippen LogP contribution is 2.26. The van der Waals surface area contributed by atoms with Gasteiger partial charge in [-0.15, -0.1) is 0 Å². The number of amides is 2. The Morgan fingerprint density at radius 2 is 1.31 bits per heavy atom. The molecular weight excluding hydrogens is 340 g/mol. The number of methoxy groups -OCH3 is 2. The number of carbonyl (C=O) groups is 1. The highest BCUT2D eigenvalue weighted by Gasteiger charge is 2.02. The number of ether oxygens (including phenoxy) is 2. The molecule has 0 fully saturated rings. The average Bonchev–Trinajstić information content (AvgIpc) is 2.64. The van der Waals surface area contributed by atoms with Gasteiger partial charge in [-0.1, -0.05) is 0 Å². The Balaban J connectivity index is 1.87. The van der Waals surface area contributed by atoms with Crippen LogP contribution in [0.3, 0.4) is 0 Å². The normalized spacial score (nSPS) is 10.8. The summed E-state index contributed by atoms with van der Waals surface area (Å²) in [5.74, 6) is 0.616. The second-order valence-corrected chi connectivity index (χ2v) is 4.93. The van der Waals surface area contributed by atoms with E-state index < -0.39 is 6.03 Å². The van der Waals surface area contributed by atoms with Gasteiger partial charge in [0.15, 0.2) is 23.0 Å². The van der Waals surface area contributed by atoms with Crippen molar-refractivity contribution in [1.29, 1.82) is 0 Å². The average molecular weight is 358 g/mol. The van der Waals surface area contributed by atoms with Crippen LogP contribution in [0.15, 0.2) is 46.6 Å². The number of phenolic OH excluding ortho intramolecular Hbond substituents is 2. The van der Waals surface area contributed by atoms with E-state index in [1.165, 1.54) is 38.8 Å². The van der Waals surface area contributed by atoms with Crippen LogP contribution >= 0.6 is 0 Å². The Labute approximate surface area is 149 Å². The van der Waals surface area contributed by atoms with Crippen LogP contribution in [0.1, 0.15) is 11.1 Å². The third-order valence-electron chi connectivity index (χ3n) is 3.17. The zero-order valence-electron chi connectivity index (χ0n) is 14.1. The van der Waals surface area contributed by atoms with Crippen molar-refractivity contribution < 1.29 is 24.5 Å². The number of rotatable bonds is 6. The van der Waals surface area contributed by atoms with Gasteiger partial charge in [-0.05, 0) is 47.5 Å². The van der Waals surface area contributed by atoms with Gasteiger partial charge < -0.3 is 19.7 Å². The Hall–Kier alpha value is -3.75. The number of hydrogen-bond donors (Lipinski definition) is 4. The number of benzene rings is 2. The maximum atomic E-state index is 11.6. The lowest BCUT2D eigenvalue weighted by Gasteiger charge is -2.04. The minimum absolute atomic E-state index is 0.00977. The minimum atomic E-state index is -0.644. The van der Waals surface area contributed by atoms with Gasteiger partial charge in [0.05, 0.1) is 26.6 Å². The van der Waals surface area contributed by atoms with E-state index in [9.17, 15) is 15.0 Å². The van der Waals surface area contributed by atoms with Gasteiger partial charge in [0.2, 0.25) is 0 Å². The second-order valence-electron chi connectivity index (χ2n) is 4.93. The molecule has 0 unspecified atom stereocenters. The van der Waals surface area contributed by atoms with E-state index in [-0.39, 0.29) is 11.5 Å². The lowest BCUT2D eigenvalue weighted by Crippen LogP contribution is -2.28. The van der Waals surface area contributed by atoms with Crippen LogP contribution in [-0.2, 0) is 0 Å². The van der Waals surface area contributed by atoms with Gasteiger partial charge in [0.1, 0.15) is 0 Å². The van der Waals surface area contributed by atoms with Gasteiger partial charge >= 0.3 is 6.03 Å². The highest BCUT2D eigenvalue weighted by atomic mass is 16.5. The topological polar surface area (TPSA) is 125 Å². The number of urea groups is 1. The fourth-order valence-corrected chi connectivity index (χ4v) is 1.90. The molecule has 0 atom stereocenters. The van der Waals surface area contributed by atoms with Crippen molar-refractivity contribution in [3.05, 3.63) is 47.5 Å². The zero-order valence-corrected chi connectivity index (χ0v) is 14.1. The van der Waals surface area contributed by atoms with Crippen LogP contribution in [0, 0.1) is 0 Å². The molecule has 26 heavy (non-hydrogen) atoms. The first-order valence-corrected chi connectivity index (χ1v) is 7.39. The Bertz CT molecular complexity index is 768. The number of carbonyl (C=O) groups excluding carboxylic acids is 1. The van der Waals surface area contributed by atoms with Crippen molar-refractivity contribution in [1.82, 2.24) is 10.9 Å². The standard InChI is InChI=1S/C17H18N4O5/c1-25-15-7-11(3-5-13(15)22)9-18-20-17(24)21-19-10-12-4-6-14(23)16(8-12)26-2/h3-10,22-23H,1-2H3,(H2,20,21,24)/b18-9+,19-10+. The smallest absolute Gasteiger partial charge is 0.355 e. The Morgan fingerprint density at radius 1 is 0.885 bits per heavy atom. The van der Waals surface area contributed by atoms with Crippen molar-refractivity contribution in [2.24, 2.45) is 10.2 Å². The summed E-state index contributed by atoms with van der Waals surface area (Å²) in [6, 6.07) is 8.61. The largest absolute Gasteiger partial charge is 0.504 e. The van der Waals surface area contributed by atoms with Crippen molar-refractivity contribution in [3.63, 3.8) is 0 Å². The number of phenols is 2. The van der Waals surface area contributed by atoms with Crippen LogP contribution in [0.5, 0.6) is 23.0 Å². The van der Waals surface area contributed by atoms with E-state index in [0.717, 1.165) is 0 Å². The summed E-state index contributed by atoms with van der Waals surface area (Å²) >= 11 is 0. The van der Waals surface area contributed by atoms with E-state index in [2.05, 4.69) is 21.1 Å². The minimum Gasteiger partial charge on any atom is -0.504 e. The fraction of sp³-hybridized carbons (Fsp3) is 0.118. The first-order valence-electron chi connectivity index (χ1n) is 7.39. The van der Waals surface area contributed by atoms with Gasteiger partial charge in [-0.25, -0.2) is 15.6 Å². The number of nitrogens with one attached hydrogen (secondary N) is 2. The quantitative estimate of drug-likeness (QED) is 0.463. The molecule has 9 heteroatoms. The Morgan fingerprint density at radius 3 is 1.69 bits per heavy atom. The molecule has 2 aromatic carbocycles. The summed E-state index contributed by atoms with van der Waals surface area (Å²) < 4.78 is 9.95. The zero-order chi connectivity index (χ0) is 18.9. The van der Waals surface area contributed by atoms with Crippen LogP contribution < -0.4 is 20.3 Å². The monoisotopic (exact) mass is 358 g/mol. The second kappa shape index (κ2) is 8.92. The molecule has 2 aromatic rings. The first-order chi connectivity index (χ1) is 12.5. The van der Waals surface area contributed by atoms with Crippen molar-refractivity contribution in [2.75, 3.05) is 14.2 Å². The molecule has 9 nitrogen and oxygen atoms in total. The highest BCUT2D eigenvalue weighted by molar-refractivity contribution is 5.84. The molecule has 0 aliphatic rings. The SMILES string of the molecule is COc1cc(/C=N/NC(=O)N/N=C/c2ccc(O)c(OC)c2)ccc1O. The molecule has 2 rings (SSSR count). The molecule has 0 aromatic heterocycles. The maximum Gasteiger partial charge on any atom is 0.355 e. The predicted octanol–water partition coefficient (Wildman–Crippen LogP) is 1.78. The van der Waals surface area contributed by atoms with Gasteiger partial charge in [0, 0.05) is 0 Å². The summed E-state index contributed by atoms with van der Waals surface area (Å²) in [6.45, 7) is 0. The number of aromatic hydroxyl groups is 2. The Kier molecular flexibility index (Phi) is 6.38. The summed E-state index contributed by atoms with van der Waals surface area (Å²) in [5.41, 5.74) is 5.73. The molecule has 0 saturated carbocycles. The van der Waals surface area contributed by atoms with Gasteiger partial charge in [0.25, 0.3) is 0 Å². The van der Waals surface area contributed by atoms with E-state index in [1.807, 2.05) is 0 Å². The molecule has 0 spiro atoms. The van der Waals surface area contributed by atoms with Crippen molar-refractivity contribution in [3.8, 4) is 23.0 Å². The summed E-state index contributed by atoms with van der Waals surface area (Å²) in [7, 11) is 2.87. The van der Waals surface area contributed by atoms with Crippen LogP contribution in [0.2, 0.25) is 0 Å². The van der Waals surface area contributed by atoms with Crippen LogP contribution in [0.25, 0.3) is 0 Å². The summed E-state index contributed by atoms with van der Waals surface area (Å²) in [6.07, 6.45) is 2.77.